The van der Waals surface area contributed by atoms with Crippen LogP contribution in [-0.4, -0.2) is 26.9 Å². The maximum Gasteiger partial charge on any atom is 0.140 e. The van der Waals surface area contributed by atoms with E-state index in [1.165, 1.54) is 11.3 Å². The lowest BCUT2D eigenvalue weighted by Crippen LogP contribution is -2.36. The molecule has 0 spiro atoms. The lowest BCUT2D eigenvalue weighted by atomic mass is 10.1. The van der Waals surface area contributed by atoms with Crippen LogP contribution in [0.25, 0.3) is 0 Å². The standard InChI is InChI=1S/C15H18N6/c16-14(17)11-8-10-2-1-3-12(10)19-15(11)21-7-6-20-5-4-18-13(20)9-21/h4-5,8H,1-3,6-7,9H2,(H3,16,17). The fourth-order valence-electron chi connectivity index (χ4n) is 3.25. The quantitative estimate of drug-likeness (QED) is 0.637. The Morgan fingerprint density at radius 3 is 3.05 bits per heavy atom. The van der Waals surface area contributed by atoms with Crippen molar-refractivity contribution in [2.45, 2.75) is 32.4 Å². The number of nitrogen functional groups attached to an aromatic ring is 1. The SMILES string of the molecule is N=C(N)c1cc2c(nc1N1CCn3ccnc3C1)CCC2. The normalized spacial score (nSPS) is 16.7. The minimum Gasteiger partial charge on any atom is -0.384 e. The largest absolute Gasteiger partial charge is 0.384 e. The molecule has 1 aliphatic carbocycles. The number of hydrogen-bond acceptors (Lipinski definition) is 4. The minimum absolute atomic E-state index is 0.0983. The number of amidine groups is 1. The van der Waals surface area contributed by atoms with Crippen molar-refractivity contribution >= 4 is 11.7 Å². The van der Waals surface area contributed by atoms with Crippen LogP contribution in [0.3, 0.4) is 0 Å². The number of aromatic nitrogens is 3. The highest BCUT2D eigenvalue weighted by Gasteiger charge is 2.24. The third kappa shape index (κ3) is 1.98. The Labute approximate surface area is 123 Å². The summed E-state index contributed by atoms with van der Waals surface area (Å²) in [5.74, 6) is 1.98. The van der Waals surface area contributed by atoms with Gasteiger partial charge in [0.15, 0.2) is 0 Å². The van der Waals surface area contributed by atoms with E-state index >= 15 is 0 Å². The fraction of sp³-hybridized carbons (Fsp3) is 0.400. The molecule has 2 aromatic heterocycles. The van der Waals surface area contributed by atoms with Crippen LogP contribution in [0.1, 0.15) is 29.1 Å². The first-order chi connectivity index (χ1) is 10.2. The predicted molar refractivity (Wildman–Crippen MR) is 80.6 cm³/mol. The summed E-state index contributed by atoms with van der Waals surface area (Å²) in [4.78, 5) is 11.4. The average Bonchev–Trinajstić information content (AvgIpc) is 3.13. The molecule has 21 heavy (non-hydrogen) atoms. The molecule has 6 nitrogen and oxygen atoms in total. The van der Waals surface area contributed by atoms with Crippen molar-refractivity contribution in [1.82, 2.24) is 14.5 Å². The third-order valence-electron chi connectivity index (χ3n) is 4.37. The topological polar surface area (TPSA) is 83.8 Å². The van der Waals surface area contributed by atoms with Crippen molar-refractivity contribution in [3.8, 4) is 0 Å². The lowest BCUT2D eigenvalue weighted by molar-refractivity contribution is 0.555. The number of pyridine rings is 1. The molecule has 0 saturated carbocycles. The Bertz CT molecular complexity index is 717. The monoisotopic (exact) mass is 282 g/mol. The van der Waals surface area contributed by atoms with Crippen molar-refractivity contribution < 1.29 is 0 Å². The Hall–Kier alpha value is -2.37. The van der Waals surface area contributed by atoms with Crippen LogP contribution in [0, 0.1) is 5.41 Å². The van der Waals surface area contributed by atoms with Gasteiger partial charge >= 0.3 is 0 Å². The molecule has 3 heterocycles. The highest BCUT2D eigenvalue weighted by molar-refractivity contribution is 6.00. The Morgan fingerprint density at radius 2 is 2.19 bits per heavy atom. The number of hydrogen-bond donors (Lipinski definition) is 2. The van der Waals surface area contributed by atoms with Crippen molar-refractivity contribution in [3.05, 3.63) is 41.1 Å². The number of fused-ring (bicyclic) bond motifs is 2. The van der Waals surface area contributed by atoms with E-state index in [-0.39, 0.29) is 5.84 Å². The molecule has 0 bridgehead atoms. The zero-order chi connectivity index (χ0) is 14.4. The summed E-state index contributed by atoms with van der Waals surface area (Å²) in [5.41, 5.74) is 8.97. The van der Waals surface area contributed by atoms with E-state index in [9.17, 15) is 0 Å². The Morgan fingerprint density at radius 1 is 1.29 bits per heavy atom. The summed E-state index contributed by atoms with van der Waals surface area (Å²) in [7, 11) is 0. The van der Waals surface area contributed by atoms with Gasteiger partial charge in [0.25, 0.3) is 0 Å². The van der Waals surface area contributed by atoms with Gasteiger partial charge in [0.2, 0.25) is 0 Å². The summed E-state index contributed by atoms with van der Waals surface area (Å²) in [5, 5.41) is 7.86. The maximum absolute atomic E-state index is 7.86. The van der Waals surface area contributed by atoms with Crippen molar-refractivity contribution in [2.75, 3.05) is 11.4 Å². The van der Waals surface area contributed by atoms with Crippen LogP contribution in [0.4, 0.5) is 5.82 Å². The van der Waals surface area contributed by atoms with Crippen molar-refractivity contribution in [2.24, 2.45) is 5.73 Å². The van der Waals surface area contributed by atoms with E-state index in [1.54, 1.807) is 0 Å². The Balaban J connectivity index is 1.76. The molecule has 108 valence electrons. The van der Waals surface area contributed by atoms with Crippen LogP contribution in [0.15, 0.2) is 18.5 Å². The minimum atomic E-state index is 0.0983. The van der Waals surface area contributed by atoms with Gasteiger partial charge < -0.3 is 15.2 Å². The maximum atomic E-state index is 7.86. The van der Waals surface area contributed by atoms with Gasteiger partial charge in [-0.25, -0.2) is 9.97 Å². The number of imidazole rings is 1. The van der Waals surface area contributed by atoms with E-state index in [0.29, 0.717) is 0 Å². The first-order valence-electron chi connectivity index (χ1n) is 7.34. The second-order valence-corrected chi connectivity index (χ2v) is 5.69. The fourth-order valence-corrected chi connectivity index (χ4v) is 3.25. The second kappa shape index (κ2) is 4.58. The summed E-state index contributed by atoms with van der Waals surface area (Å²) in [6, 6.07) is 2.06. The van der Waals surface area contributed by atoms with E-state index in [2.05, 4.69) is 20.5 Å². The van der Waals surface area contributed by atoms with Gasteiger partial charge in [-0.1, -0.05) is 0 Å². The van der Waals surface area contributed by atoms with Crippen LogP contribution in [0.5, 0.6) is 0 Å². The molecular formula is C15H18N6. The number of rotatable bonds is 2. The first-order valence-corrected chi connectivity index (χ1v) is 7.34. The molecule has 0 saturated heterocycles. The first kappa shape index (κ1) is 12.4. The summed E-state index contributed by atoms with van der Waals surface area (Å²) < 4.78 is 2.16. The summed E-state index contributed by atoms with van der Waals surface area (Å²) >= 11 is 0. The molecule has 6 heteroatoms. The highest BCUT2D eigenvalue weighted by atomic mass is 15.3. The molecule has 0 atom stereocenters. The van der Waals surface area contributed by atoms with E-state index < -0.39 is 0 Å². The second-order valence-electron chi connectivity index (χ2n) is 5.69. The molecule has 3 N–H and O–H groups in total. The van der Waals surface area contributed by atoms with E-state index in [4.69, 9.17) is 16.1 Å². The summed E-state index contributed by atoms with van der Waals surface area (Å²) in [6.07, 6.45) is 7.07. The van der Waals surface area contributed by atoms with Gasteiger partial charge in [-0.3, -0.25) is 5.41 Å². The van der Waals surface area contributed by atoms with Gasteiger partial charge in [-0.2, -0.15) is 0 Å². The molecule has 0 unspecified atom stereocenters. The molecule has 2 aliphatic rings. The smallest absolute Gasteiger partial charge is 0.140 e. The zero-order valence-electron chi connectivity index (χ0n) is 11.8. The molecule has 2 aromatic rings. The van der Waals surface area contributed by atoms with E-state index in [0.717, 1.165) is 56.1 Å². The third-order valence-corrected chi connectivity index (χ3v) is 4.37. The van der Waals surface area contributed by atoms with Crippen LogP contribution in [0.2, 0.25) is 0 Å². The lowest BCUT2D eigenvalue weighted by Gasteiger charge is -2.30. The van der Waals surface area contributed by atoms with Crippen LogP contribution >= 0.6 is 0 Å². The molecule has 1 aliphatic heterocycles. The average molecular weight is 282 g/mol. The van der Waals surface area contributed by atoms with Gasteiger partial charge in [0.05, 0.1) is 12.1 Å². The molecule has 0 amide bonds. The van der Waals surface area contributed by atoms with Crippen LogP contribution < -0.4 is 10.6 Å². The zero-order valence-corrected chi connectivity index (χ0v) is 11.8. The Kier molecular flexibility index (Phi) is 2.70. The van der Waals surface area contributed by atoms with Gasteiger partial charge in [-0.05, 0) is 30.9 Å². The molecule has 4 rings (SSSR count). The van der Waals surface area contributed by atoms with E-state index in [1.807, 2.05) is 12.4 Å². The van der Waals surface area contributed by atoms with Crippen molar-refractivity contribution in [3.63, 3.8) is 0 Å². The molecule has 0 radical (unpaired) electrons. The number of nitrogens with two attached hydrogens (primary N) is 1. The number of anilines is 1. The number of aryl methyl sites for hydroxylation is 2. The predicted octanol–water partition coefficient (Wildman–Crippen LogP) is 1.07. The van der Waals surface area contributed by atoms with Crippen molar-refractivity contribution in [1.29, 1.82) is 5.41 Å². The van der Waals surface area contributed by atoms with Crippen LogP contribution in [-0.2, 0) is 25.9 Å². The molecular weight excluding hydrogens is 264 g/mol. The number of nitrogens with zero attached hydrogens (tertiary/aromatic N) is 4. The highest BCUT2D eigenvalue weighted by Crippen LogP contribution is 2.29. The van der Waals surface area contributed by atoms with Gasteiger partial charge in [0.1, 0.15) is 17.5 Å². The van der Waals surface area contributed by atoms with Gasteiger partial charge in [-0.15, -0.1) is 0 Å². The number of nitrogens with one attached hydrogen (secondary N) is 1. The summed E-state index contributed by atoms with van der Waals surface area (Å²) in [6.45, 7) is 2.49. The molecule has 0 fully saturated rings. The van der Waals surface area contributed by atoms with Gasteiger partial charge in [0, 0.05) is 31.2 Å². The molecule has 0 aromatic carbocycles.